The van der Waals surface area contributed by atoms with Crippen molar-refractivity contribution in [1.29, 1.82) is 0 Å². The third-order valence-electron chi connectivity index (χ3n) is 0.829. The second-order valence-electron chi connectivity index (χ2n) is 1.50. The van der Waals surface area contributed by atoms with Crippen LogP contribution in [-0.4, -0.2) is 60.5 Å². The first kappa shape index (κ1) is 13.0. The van der Waals surface area contributed by atoms with Crippen molar-refractivity contribution >= 4 is 29.0 Å². The van der Waals surface area contributed by atoms with Crippen LogP contribution in [0.1, 0.15) is 0 Å². The van der Waals surface area contributed by atoms with Gasteiger partial charge in [0.25, 0.3) is 10.1 Å². The van der Waals surface area contributed by atoms with Crippen molar-refractivity contribution < 1.29 is 23.2 Å². The van der Waals surface area contributed by atoms with E-state index < -0.39 is 28.6 Å². The molecule has 7 heteroatoms. The minimum absolute atomic E-state index is 0. The predicted octanol–water partition coefficient (Wildman–Crippen LogP) is -2.42. The Balaban J connectivity index is 0. The molecule has 0 aliphatic carbocycles. The van der Waals surface area contributed by atoms with E-state index in [1.54, 1.807) is 0 Å². The average Bonchev–Trinajstić information content (AvgIpc) is 1.65. The Morgan fingerprint density at radius 1 is 1.20 bits per heavy atom. The fourth-order valence-corrected chi connectivity index (χ4v) is 0.623. The maximum absolute atomic E-state index is 10.0. The van der Waals surface area contributed by atoms with Gasteiger partial charge in [-0.2, -0.15) is 8.42 Å². The summed E-state index contributed by atoms with van der Waals surface area (Å²) in [5, 5.41) is 14.9. The molecule has 0 spiro atoms. The van der Waals surface area contributed by atoms with Gasteiger partial charge in [0.05, 0.1) is 13.2 Å². The second kappa shape index (κ2) is 5.13. The van der Waals surface area contributed by atoms with Gasteiger partial charge < -0.3 is 10.2 Å². The van der Waals surface area contributed by atoms with E-state index in [1.807, 2.05) is 0 Å². The van der Waals surface area contributed by atoms with Crippen molar-refractivity contribution in [2.75, 3.05) is 13.2 Å². The van der Waals surface area contributed by atoms with Crippen LogP contribution in [0, 0.1) is 0 Å². The molecule has 0 saturated carbocycles. The SMILES string of the molecule is O=S(=O)(O)C(CO)CO.[LiH]. The van der Waals surface area contributed by atoms with Crippen molar-refractivity contribution in [2.45, 2.75) is 5.25 Å². The molecular weight excluding hydrogens is 155 g/mol. The zero-order chi connectivity index (χ0) is 7.49. The normalized spacial score (nSPS) is 11.2. The molecule has 0 aromatic heterocycles. The minimum atomic E-state index is -4.27. The summed E-state index contributed by atoms with van der Waals surface area (Å²) in [5.41, 5.74) is 0. The number of rotatable bonds is 3. The zero-order valence-electron chi connectivity index (χ0n) is 4.56. The molecule has 0 amide bonds. The summed E-state index contributed by atoms with van der Waals surface area (Å²) in [4.78, 5) is 0. The summed E-state index contributed by atoms with van der Waals surface area (Å²) < 4.78 is 28.2. The number of aliphatic hydroxyl groups excluding tert-OH is 2. The van der Waals surface area contributed by atoms with Crippen molar-refractivity contribution in [1.82, 2.24) is 0 Å². The van der Waals surface area contributed by atoms with Crippen LogP contribution in [0.15, 0.2) is 0 Å². The van der Waals surface area contributed by atoms with E-state index in [-0.39, 0.29) is 18.9 Å². The molecule has 0 aliphatic rings. The van der Waals surface area contributed by atoms with Gasteiger partial charge in [-0.3, -0.25) is 4.55 Å². The summed E-state index contributed by atoms with van der Waals surface area (Å²) in [7, 11) is -4.27. The van der Waals surface area contributed by atoms with Gasteiger partial charge in [0.2, 0.25) is 0 Å². The molecule has 0 aromatic carbocycles. The molecule has 0 atom stereocenters. The van der Waals surface area contributed by atoms with Crippen LogP contribution in [0.2, 0.25) is 0 Å². The Hall–Kier alpha value is 0.427. The molecule has 10 heavy (non-hydrogen) atoms. The molecule has 0 radical (unpaired) electrons. The third kappa shape index (κ3) is 4.28. The van der Waals surface area contributed by atoms with Crippen molar-refractivity contribution in [3.63, 3.8) is 0 Å². The molecular formula is C3H9LiO5S. The van der Waals surface area contributed by atoms with Gasteiger partial charge in [-0.25, -0.2) is 0 Å². The van der Waals surface area contributed by atoms with Gasteiger partial charge in [-0.05, 0) is 0 Å². The number of hydrogen-bond donors (Lipinski definition) is 3. The maximum atomic E-state index is 10.0. The van der Waals surface area contributed by atoms with Gasteiger partial charge in [-0.15, -0.1) is 0 Å². The Morgan fingerprint density at radius 3 is 1.50 bits per heavy atom. The molecule has 0 saturated heterocycles. The van der Waals surface area contributed by atoms with Gasteiger partial charge in [0, 0.05) is 0 Å². The Kier molecular flexibility index (Phi) is 6.69. The molecule has 0 aromatic rings. The standard InChI is InChI=1S/C3H8O5S.Li.H/c4-1-3(2-5)9(6,7)8;;/h3-5H,1-2H2,(H,6,7,8);;. The molecule has 0 bridgehead atoms. The molecule has 3 N–H and O–H groups in total. The summed E-state index contributed by atoms with van der Waals surface area (Å²) in [6.45, 7) is -1.54. The van der Waals surface area contributed by atoms with Crippen LogP contribution in [0.5, 0.6) is 0 Å². The van der Waals surface area contributed by atoms with Gasteiger partial charge in [0.15, 0.2) is 0 Å². The van der Waals surface area contributed by atoms with E-state index >= 15 is 0 Å². The van der Waals surface area contributed by atoms with Crippen molar-refractivity contribution in [3.8, 4) is 0 Å². The third-order valence-corrected chi connectivity index (χ3v) is 1.97. The Labute approximate surface area is 71.0 Å². The molecule has 5 nitrogen and oxygen atoms in total. The van der Waals surface area contributed by atoms with Crippen LogP contribution >= 0.6 is 0 Å². The molecule has 0 fully saturated rings. The van der Waals surface area contributed by atoms with Crippen LogP contribution in [-0.2, 0) is 10.1 Å². The summed E-state index contributed by atoms with van der Waals surface area (Å²) in [6.07, 6.45) is 0. The first-order chi connectivity index (χ1) is 4.02. The number of aliphatic hydroxyl groups is 2. The topological polar surface area (TPSA) is 94.8 Å². The van der Waals surface area contributed by atoms with E-state index in [0.717, 1.165) is 0 Å². The summed E-state index contributed by atoms with van der Waals surface area (Å²) >= 11 is 0. The Bertz CT molecular complexity index is 160. The van der Waals surface area contributed by atoms with Crippen LogP contribution in [0.25, 0.3) is 0 Å². The first-order valence-electron chi connectivity index (χ1n) is 2.20. The molecule has 0 rings (SSSR count). The van der Waals surface area contributed by atoms with E-state index in [0.29, 0.717) is 0 Å². The summed E-state index contributed by atoms with van der Waals surface area (Å²) in [6, 6.07) is 0. The van der Waals surface area contributed by atoms with Crippen LogP contribution < -0.4 is 0 Å². The van der Waals surface area contributed by atoms with E-state index in [1.165, 1.54) is 0 Å². The molecule has 0 heterocycles. The van der Waals surface area contributed by atoms with Crippen LogP contribution in [0.4, 0.5) is 0 Å². The molecule has 0 aliphatic heterocycles. The molecule has 58 valence electrons. The Morgan fingerprint density at radius 2 is 1.50 bits per heavy atom. The first-order valence-corrected chi connectivity index (χ1v) is 3.70. The van der Waals surface area contributed by atoms with Gasteiger partial charge in [-0.1, -0.05) is 0 Å². The van der Waals surface area contributed by atoms with Gasteiger partial charge in [0.1, 0.15) is 5.25 Å². The van der Waals surface area contributed by atoms with E-state index in [4.69, 9.17) is 14.8 Å². The fourth-order valence-electron chi connectivity index (χ4n) is 0.246. The second-order valence-corrected chi connectivity index (χ2v) is 3.20. The zero-order valence-corrected chi connectivity index (χ0v) is 5.37. The van der Waals surface area contributed by atoms with Crippen LogP contribution in [0.3, 0.4) is 0 Å². The van der Waals surface area contributed by atoms with E-state index in [9.17, 15) is 8.42 Å². The summed E-state index contributed by atoms with van der Waals surface area (Å²) in [5.74, 6) is 0. The van der Waals surface area contributed by atoms with Crippen molar-refractivity contribution in [2.24, 2.45) is 0 Å². The fraction of sp³-hybridized carbons (Fsp3) is 1.00. The monoisotopic (exact) mass is 164 g/mol. The van der Waals surface area contributed by atoms with E-state index in [2.05, 4.69) is 0 Å². The average molecular weight is 164 g/mol. The van der Waals surface area contributed by atoms with Gasteiger partial charge >= 0.3 is 18.9 Å². The number of hydrogen-bond acceptors (Lipinski definition) is 4. The van der Waals surface area contributed by atoms with Crippen molar-refractivity contribution in [3.05, 3.63) is 0 Å². The predicted molar refractivity (Wildman–Crippen MR) is 36.7 cm³/mol. The quantitative estimate of drug-likeness (QED) is 0.318. The molecule has 0 unspecified atom stereocenters.